The van der Waals surface area contributed by atoms with E-state index in [-0.39, 0.29) is 35.0 Å². The van der Waals surface area contributed by atoms with Crippen molar-refractivity contribution in [2.45, 2.75) is 50.0 Å². The predicted molar refractivity (Wildman–Crippen MR) is 134 cm³/mol. The van der Waals surface area contributed by atoms with Crippen LogP contribution in [0.2, 0.25) is 0 Å². The Labute approximate surface area is 211 Å². The van der Waals surface area contributed by atoms with Crippen molar-refractivity contribution in [3.63, 3.8) is 0 Å². The Morgan fingerprint density at radius 1 is 1.11 bits per heavy atom. The van der Waals surface area contributed by atoms with Crippen molar-refractivity contribution in [1.29, 1.82) is 0 Å². The fourth-order valence-corrected chi connectivity index (χ4v) is 5.87. The molecule has 0 radical (unpaired) electrons. The number of piperidine rings is 1. The van der Waals surface area contributed by atoms with E-state index >= 15 is 0 Å². The number of rotatable bonds is 8. The van der Waals surface area contributed by atoms with E-state index in [0.29, 0.717) is 51.1 Å². The average Bonchev–Trinajstić information content (AvgIpc) is 2.88. The van der Waals surface area contributed by atoms with E-state index in [4.69, 9.17) is 4.74 Å². The number of ether oxygens (including phenoxy) is 1. The first-order valence-electron chi connectivity index (χ1n) is 12.2. The van der Waals surface area contributed by atoms with Crippen LogP contribution in [0.1, 0.15) is 37.3 Å². The molecular formula is C26H31N3O6S. The van der Waals surface area contributed by atoms with Crippen molar-refractivity contribution in [2.75, 3.05) is 25.0 Å². The molecule has 1 saturated heterocycles. The van der Waals surface area contributed by atoms with E-state index in [2.05, 4.69) is 10.0 Å². The third-order valence-electron chi connectivity index (χ3n) is 6.59. The van der Waals surface area contributed by atoms with Crippen LogP contribution in [0, 0.1) is 5.92 Å². The van der Waals surface area contributed by atoms with Gasteiger partial charge in [-0.2, -0.15) is 4.72 Å². The molecule has 0 bridgehead atoms. The Morgan fingerprint density at radius 3 is 2.53 bits per heavy atom. The molecule has 36 heavy (non-hydrogen) atoms. The maximum atomic E-state index is 13.5. The number of hydrogen-bond donors (Lipinski definition) is 2. The molecule has 0 unspecified atom stereocenters. The summed E-state index contributed by atoms with van der Waals surface area (Å²) in [6, 6.07) is 12.8. The minimum Gasteiger partial charge on any atom is -0.466 e. The number of likely N-dealkylation sites (tertiary alicyclic amines) is 1. The average molecular weight is 514 g/mol. The summed E-state index contributed by atoms with van der Waals surface area (Å²) in [5.41, 5.74) is 2.17. The molecule has 9 nitrogen and oxygen atoms in total. The monoisotopic (exact) mass is 513 g/mol. The highest BCUT2D eigenvalue weighted by Crippen LogP contribution is 2.26. The van der Waals surface area contributed by atoms with Gasteiger partial charge in [0.25, 0.3) is 0 Å². The summed E-state index contributed by atoms with van der Waals surface area (Å²) in [4.78, 5) is 38.9. The van der Waals surface area contributed by atoms with Crippen LogP contribution in [0.5, 0.6) is 0 Å². The molecule has 10 heteroatoms. The summed E-state index contributed by atoms with van der Waals surface area (Å²) in [6.07, 6.45) is 1.89. The molecule has 2 aliphatic heterocycles. The minimum atomic E-state index is -4.03. The molecule has 192 valence electrons. The molecule has 2 aliphatic rings. The second-order valence-corrected chi connectivity index (χ2v) is 10.8. The third kappa shape index (κ3) is 6.11. The number of aryl methyl sites for hydroxylation is 1. The number of anilines is 1. The first-order chi connectivity index (χ1) is 17.3. The lowest BCUT2D eigenvalue weighted by Gasteiger charge is -2.33. The molecule has 2 N–H and O–H groups in total. The number of hydrogen-bond acceptors (Lipinski definition) is 6. The third-order valence-corrected chi connectivity index (χ3v) is 8.06. The lowest BCUT2D eigenvalue weighted by atomic mass is 9.96. The van der Waals surface area contributed by atoms with Gasteiger partial charge >= 0.3 is 5.97 Å². The first-order valence-corrected chi connectivity index (χ1v) is 13.7. The molecule has 1 atom stereocenters. The number of nitrogens with zero attached hydrogens (tertiary/aromatic N) is 1. The number of nitrogens with one attached hydrogen (secondary N) is 2. The Kier molecular flexibility index (Phi) is 8.05. The fourth-order valence-electron chi connectivity index (χ4n) is 4.63. The zero-order chi connectivity index (χ0) is 25.7. The SMILES string of the molecule is CCOC(=O)C1CCN(C(=O)[C@@H](Cc2ccccc2)NS(=O)(=O)c2ccc3c(c2)CCC(=O)N3)CC1. The number of carbonyl (C=O) groups excluding carboxylic acids is 3. The van der Waals surface area contributed by atoms with Crippen molar-refractivity contribution in [3.05, 3.63) is 59.7 Å². The van der Waals surface area contributed by atoms with Crippen molar-refractivity contribution in [3.8, 4) is 0 Å². The highest BCUT2D eigenvalue weighted by molar-refractivity contribution is 7.89. The van der Waals surface area contributed by atoms with E-state index in [1.54, 1.807) is 24.0 Å². The van der Waals surface area contributed by atoms with E-state index < -0.39 is 16.1 Å². The highest BCUT2D eigenvalue weighted by atomic mass is 32.2. The van der Waals surface area contributed by atoms with Gasteiger partial charge in [-0.25, -0.2) is 8.42 Å². The number of esters is 1. The molecule has 2 amide bonds. The molecule has 1 fully saturated rings. The highest BCUT2D eigenvalue weighted by Gasteiger charge is 2.34. The number of sulfonamides is 1. The van der Waals surface area contributed by atoms with Crippen LogP contribution in [0.3, 0.4) is 0 Å². The number of benzene rings is 2. The topological polar surface area (TPSA) is 122 Å². The zero-order valence-electron chi connectivity index (χ0n) is 20.2. The van der Waals surface area contributed by atoms with E-state index in [0.717, 1.165) is 11.1 Å². The lowest BCUT2D eigenvalue weighted by Crippen LogP contribution is -2.52. The molecule has 2 aromatic rings. The number of carbonyl (C=O) groups is 3. The standard InChI is InChI=1S/C26H31N3O6S/c1-2-35-26(32)19-12-14-29(15-13-19)25(31)23(16-18-6-4-3-5-7-18)28-36(33,34)21-9-10-22-20(17-21)8-11-24(30)27-22/h3-7,9-10,17,19,23,28H,2,8,11-16H2,1H3,(H,27,30)/t23-/m1/s1. The van der Waals surface area contributed by atoms with Crippen LogP contribution >= 0.6 is 0 Å². The maximum Gasteiger partial charge on any atom is 0.309 e. The van der Waals surface area contributed by atoms with Crippen LogP contribution in [0.4, 0.5) is 5.69 Å². The van der Waals surface area contributed by atoms with E-state index in [1.165, 1.54) is 6.07 Å². The summed E-state index contributed by atoms with van der Waals surface area (Å²) in [5.74, 6) is -0.935. The largest absolute Gasteiger partial charge is 0.466 e. The van der Waals surface area contributed by atoms with Gasteiger partial charge in [-0.05, 0) is 61.9 Å². The van der Waals surface area contributed by atoms with Crippen LogP contribution in [-0.2, 0) is 42.0 Å². The number of fused-ring (bicyclic) bond motifs is 1. The van der Waals surface area contributed by atoms with Gasteiger partial charge in [0.2, 0.25) is 21.8 Å². The first kappa shape index (κ1) is 25.8. The molecule has 2 aromatic carbocycles. The van der Waals surface area contributed by atoms with E-state index in [1.807, 2.05) is 30.3 Å². The molecule has 0 saturated carbocycles. The van der Waals surface area contributed by atoms with Crippen LogP contribution in [0.25, 0.3) is 0 Å². The summed E-state index contributed by atoms with van der Waals surface area (Å²) in [6.45, 7) is 2.78. The molecule has 0 spiro atoms. The normalized spacial score (nSPS) is 17.1. The molecule has 4 rings (SSSR count). The molecule has 2 heterocycles. The Balaban J connectivity index is 1.52. The molecule has 0 aliphatic carbocycles. The Morgan fingerprint density at radius 2 is 1.83 bits per heavy atom. The van der Waals surface area contributed by atoms with Crippen molar-refractivity contribution < 1.29 is 27.5 Å². The van der Waals surface area contributed by atoms with Crippen molar-refractivity contribution in [1.82, 2.24) is 9.62 Å². The minimum absolute atomic E-state index is 0.0456. The summed E-state index contributed by atoms with van der Waals surface area (Å²) >= 11 is 0. The Bertz CT molecular complexity index is 1220. The van der Waals surface area contributed by atoms with Crippen molar-refractivity contribution in [2.24, 2.45) is 5.92 Å². The second kappa shape index (κ2) is 11.2. The van der Waals surface area contributed by atoms with Crippen molar-refractivity contribution >= 4 is 33.5 Å². The fraction of sp³-hybridized carbons (Fsp3) is 0.423. The van der Waals surface area contributed by atoms with Crippen LogP contribution < -0.4 is 10.0 Å². The molecular weight excluding hydrogens is 482 g/mol. The Hall–Kier alpha value is -3.24. The van der Waals surface area contributed by atoms with Crippen LogP contribution in [0.15, 0.2) is 53.4 Å². The van der Waals surface area contributed by atoms with Gasteiger partial charge in [0.1, 0.15) is 6.04 Å². The lowest BCUT2D eigenvalue weighted by molar-refractivity contribution is -0.151. The smallest absolute Gasteiger partial charge is 0.309 e. The number of amides is 2. The van der Waals surface area contributed by atoms with Gasteiger partial charge < -0.3 is 15.0 Å². The van der Waals surface area contributed by atoms with Gasteiger partial charge in [-0.1, -0.05) is 30.3 Å². The summed E-state index contributed by atoms with van der Waals surface area (Å²) in [5, 5.41) is 2.74. The quantitative estimate of drug-likeness (QED) is 0.522. The summed E-state index contributed by atoms with van der Waals surface area (Å²) < 4.78 is 34.4. The van der Waals surface area contributed by atoms with Gasteiger partial charge in [-0.3, -0.25) is 14.4 Å². The predicted octanol–water partition coefficient (Wildman–Crippen LogP) is 2.26. The summed E-state index contributed by atoms with van der Waals surface area (Å²) in [7, 11) is -4.03. The molecule has 0 aromatic heterocycles. The van der Waals surface area contributed by atoms with E-state index in [9.17, 15) is 22.8 Å². The van der Waals surface area contributed by atoms with Gasteiger partial charge in [-0.15, -0.1) is 0 Å². The second-order valence-electron chi connectivity index (χ2n) is 9.08. The van der Waals surface area contributed by atoms with Gasteiger partial charge in [0, 0.05) is 25.2 Å². The zero-order valence-corrected chi connectivity index (χ0v) is 21.1. The van der Waals surface area contributed by atoms with Gasteiger partial charge in [0.15, 0.2) is 0 Å². The van der Waals surface area contributed by atoms with Crippen LogP contribution in [-0.4, -0.2) is 56.8 Å². The maximum absolute atomic E-state index is 13.5. The van der Waals surface area contributed by atoms with Gasteiger partial charge in [0.05, 0.1) is 17.4 Å².